The molecular weight excluding hydrogens is 394 g/mol. The van der Waals surface area contributed by atoms with E-state index < -0.39 is 10.0 Å². The summed E-state index contributed by atoms with van der Waals surface area (Å²) in [5, 5.41) is 0.483. The number of halogens is 1. The SMILES string of the molecule is [CH2]CCOc1ccccc1CN(c1ccccc1)S(=O)(=O)c1ccc(Cl)cc1. The Morgan fingerprint density at radius 1 is 0.893 bits per heavy atom. The molecule has 3 rings (SSSR count). The molecule has 1 radical (unpaired) electrons. The van der Waals surface area contributed by atoms with E-state index in [0.29, 0.717) is 29.5 Å². The molecule has 0 fully saturated rings. The highest BCUT2D eigenvalue weighted by atomic mass is 35.5. The zero-order valence-electron chi connectivity index (χ0n) is 15.3. The van der Waals surface area contributed by atoms with Crippen LogP contribution in [-0.2, 0) is 16.6 Å². The summed E-state index contributed by atoms with van der Waals surface area (Å²) in [7, 11) is -3.80. The first kappa shape index (κ1) is 20.2. The molecule has 28 heavy (non-hydrogen) atoms. The maximum atomic E-state index is 13.4. The van der Waals surface area contributed by atoms with Crippen LogP contribution in [0.25, 0.3) is 0 Å². The fourth-order valence-corrected chi connectivity index (χ4v) is 4.32. The van der Waals surface area contributed by atoms with Crippen LogP contribution in [0.15, 0.2) is 83.8 Å². The summed E-state index contributed by atoms with van der Waals surface area (Å²) >= 11 is 5.93. The van der Waals surface area contributed by atoms with Gasteiger partial charge in [-0.05, 0) is 55.8 Å². The van der Waals surface area contributed by atoms with Crippen LogP contribution >= 0.6 is 11.6 Å². The van der Waals surface area contributed by atoms with Crippen molar-refractivity contribution in [2.75, 3.05) is 10.9 Å². The monoisotopic (exact) mass is 414 g/mol. The molecular formula is C22H21ClNO3S. The highest BCUT2D eigenvalue weighted by Crippen LogP contribution is 2.29. The van der Waals surface area contributed by atoms with E-state index in [-0.39, 0.29) is 11.4 Å². The minimum atomic E-state index is -3.80. The minimum Gasteiger partial charge on any atom is -0.493 e. The second-order valence-electron chi connectivity index (χ2n) is 6.11. The fourth-order valence-electron chi connectivity index (χ4n) is 2.76. The highest BCUT2D eigenvalue weighted by Gasteiger charge is 2.26. The Morgan fingerprint density at radius 3 is 2.21 bits per heavy atom. The summed E-state index contributed by atoms with van der Waals surface area (Å²) < 4.78 is 33.9. The first-order valence-corrected chi connectivity index (χ1v) is 10.7. The predicted molar refractivity (Wildman–Crippen MR) is 113 cm³/mol. The Balaban J connectivity index is 2.03. The number of ether oxygens (including phenoxy) is 1. The average molecular weight is 415 g/mol. The molecule has 0 saturated heterocycles. The summed E-state index contributed by atoms with van der Waals surface area (Å²) in [4.78, 5) is 0.178. The smallest absolute Gasteiger partial charge is 0.264 e. The Kier molecular flexibility index (Phi) is 6.60. The number of anilines is 1. The van der Waals surface area contributed by atoms with Crippen molar-refractivity contribution in [1.82, 2.24) is 0 Å². The molecule has 0 aromatic heterocycles. The number of sulfonamides is 1. The van der Waals surface area contributed by atoms with Gasteiger partial charge in [-0.15, -0.1) is 0 Å². The van der Waals surface area contributed by atoms with Gasteiger partial charge in [-0.2, -0.15) is 0 Å². The van der Waals surface area contributed by atoms with E-state index in [1.807, 2.05) is 42.5 Å². The van der Waals surface area contributed by atoms with Gasteiger partial charge >= 0.3 is 0 Å². The van der Waals surface area contributed by atoms with Gasteiger partial charge in [-0.25, -0.2) is 8.42 Å². The van der Waals surface area contributed by atoms with Gasteiger partial charge in [0, 0.05) is 10.6 Å². The standard InChI is InChI=1S/C22H21ClNO3S/c1-2-16-27-22-11-7-6-8-18(22)17-24(20-9-4-3-5-10-20)28(25,26)21-14-12-19(23)13-15-21/h3-15H,1-2,16-17H2. The second-order valence-corrected chi connectivity index (χ2v) is 8.41. The van der Waals surface area contributed by atoms with E-state index in [0.717, 1.165) is 5.56 Å². The van der Waals surface area contributed by atoms with Gasteiger partial charge in [0.1, 0.15) is 5.75 Å². The van der Waals surface area contributed by atoms with Crippen LogP contribution in [0.1, 0.15) is 12.0 Å². The van der Waals surface area contributed by atoms with E-state index in [9.17, 15) is 8.42 Å². The number of hydrogen-bond acceptors (Lipinski definition) is 3. The van der Waals surface area contributed by atoms with Crippen LogP contribution in [-0.4, -0.2) is 15.0 Å². The molecule has 0 N–H and O–H groups in total. The number of benzene rings is 3. The van der Waals surface area contributed by atoms with Crippen molar-refractivity contribution >= 4 is 27.3 Å². The summed E-state index contributed by atoms with van der Waals surface area (Å²) in [5.74, 6) is 0.651. The van der Waals surface area contributed by atoms with E-state index in [1.54, 1.807) is 24.3 Å². The maximum absolute atomic E-state index is 13.4. The summed E-state index contributed by atoms with van der Waals surface area (Å²) in [6, 6.07) is 22.6. The van der Waals surface area contributed by atoms with Crippen molar-refractivity contribution in [2.45, 2.75) is 17.9 Å². The molecule has 0 bridgehead atoms. The molecule has 3 aromatic rings. The molecule has 0 heterocycles. The molecule has 145 valence electrons. The summed E-state index contributed by atoms with van der Waals surface area (Å²) in [5.41, 5.74) is 1.35. The lowest BCUT2D eigenvalue weighted by Gasteiger charge is -2.25. The van der Waals surface area contributed by atoms with Crippen LogP contribution in [0, 0.1) is 6.92 Å². The molecule has 0 unspecified atom stereocenters. The quantitative estimate of drug-likeness (QED) is 0.500. The zero-order chi connectivity index (χ0) is 20.0. The Bertz CT molecular complexity index is 1010. The van der Waals surface area contributed by atoms with Crippen LogP contribution < -0.4 is 9.04 Å². The Hall–Kier alpha value is -2.50. The first-order chi connectivity index (χ1) is 13.5. The molecule has 3 aromatic carbocycles. The summed E-state index contributed by atoms with van der Waals surface area (Å²) in [6.45, 7) is 4.39. The number of hydrogen-bond donors (Lipinski definition) is 0. The second kappa shape index (κ2) is 9.13. The minimum absolute atomic E-state index is 0.141. The molecule has 0 saturated carbocycles. The van der Waals surface area contributed by atoms with Gasteiger partial charge in [0.2, 0.25) is 0 Å². The Labute approximate surface area is 171 Å². The molecule has 0 aliphatic heterocycles. The normalized spacial score (nSPS) is 11.2. The van der Waals surface area contributed by atoms with Crippen LogP contribution in [0.4, 0.5) is 5.69 Å². The van der Waals surface area contributed by atoms with E-state index >= 15 is 0 Å². The van der Waals surface area contributed by atoms with Crippen molar-refractivity contribution in [1.29, 1.82) is 0 Å². The van der Waals surface area contributed by atoms with Crippen LogP contribution in [0.2, 0.25) is 5.02 Å². The molecule has 4 nitrogen and oxygen atoms in total. The molecule has 6 heteroatoms. The molecule has 0 spiro atoms. The third kappa shape index (κ3) is 4.66. The van der Waals surface area contributed by atoms with E-state index in [1.165, 1.54) is 16.4 Å². The fraction of sp³-hybridized carbons (Fsp3) is 0.136. The van der Waals surface area contributed by atoms with Gasteiger partial charge in [0.15, 0.2) is 0 Å². The third-order valence-electron chi connectivity index (χ3n) is 4.13. The van der Waals surface area contributed by atoms with Gasteiger partial charge in [0.25, 0.3) is 10.0 Å². The van der Waals surface area contributed by atoms with Crippen molar-refractivity contribution < 1.29 is 13.2 Å². The average Bonchev–Trinajstić information content (AvgIpc) is 2.72. The lowest BCUT2D eigenvalue weighted by molar-refractivity contribution is 0.321. The van der Waals surface area contributed by atoms with Gasteiger partial charge in [-0.3, -0.25) is 4.31 Å². The highest BCUT2D eigenvalue weighted by molar-refractivity contribution is 7.92. The van der Waals surface area contributed by atoms with Crippen LogP contribution in [0.5, 0.6) is 5.75 Å². The maximum Gasteiger partial charge on any atom is 0.264 e. The Morgan fingerprint density at radius 2 is 1.54 bits per heavy atom. The van der Waals surface area contributed by atoms with Gasteiger partial charge in [0.05, 0.1) is 23.7 Å². The van der Waals surface area contributed by atoms with Crippen LogP contribution in [0.3, 0.4) is 0 Å². The van der Waals surface area contributed by atoms with Crippen molar-refractivity contribution in [3.05, 3.63) is 96.4 Å². The zero-order valence-corrected chi connectivity index (χ0v) is 16.9. The van der Waals surface area contributed by atoms with Crippen molar-refractivity contribution in [2.24, 2.45) is 0 Å². The largest absolute Gasteiger partial charge is 0.493 e. The molecule has 0 aliphatic rings. The van der Waals surface area contributed by atoms with Gasteiger partial charge < -0.3 is 4.74 Å². The molecule has 0 aliphatic carbocycles. The third-order valence-corrected chi connectivity index (χ3v) is 6.17. The van der Waals surface area contributed by atoms with Crippen molar-refractivity contribution in [3.63, 3.8) is 0 Å². The van der Waals surface area contributed by atoms with E-state index in [4.69, 9.17) is 16.3 Å². The topological polar surface area (TPSA) is 46.6 Å². The summed E-state index contributed by atoms with van der Waals surface area (Å²) in [6.07, 6.45) is 0.625. The number of nitrogens with zero attached hydrogens (tertiary/aromatic N) is 1. The first-order valence-electron chi connectivity index (χ1n) is 8.85. The lowest BCUT2D eigenvalue weighted by atomic mass is 10.2. The molecule has 0 atom stereocenters. The van der Waals surface area contributed by atoms with Crippen molar-refractivity contribution in [3.8, 4) is 5.75 Å². The van der Waals surface area contributed by atoms with E-state index in [2.05, 4.69) is 6.92 Å². The predicted octanol–water partition coefficient (Wildman–Crippen LogP) is 5.34. The number of rotatable bonds is 8. The number of para-hydroxylation sites is 2. The lowest BCUT2D eigenvalue weighted by Crippen LogP contribution is -2.30. The van der Waals surface area contributed by atoms with Gasteiger partial charge in [-0.1, -0.05) is 48.0 Å². The molecule has 0 amide bonds.